The Hall–Kier alpha value is -3.90. The summed E-state index contributed by atoms with van der Waals surface area (Å²) >= 11 is 2.62. The van der Waals surface area contributed by atoms with Gasteiger partial charge in [0.15, 0.2) is 10.8 Å². The second-order valence-corrected chi connectivity index (χ2v) is 9.39. The predicted molar refractivity (Wildman–Crippen MR) is 133 cm³/mol. The highest BCUT2D eigenvalue weighted by Crippen LogP contribution is 2.32. The lowest BCUT2D eigenvalue weighted by Crippen LogP contribution is -2.46. The molecule has 0 unspecified atom stereocenters. The molecule has 178 valence electrons. The predicted octanol–water partition coefficient (Wildman–Crippen LogP) is 3.13. The normalized spacial score (nSPS) is 15.7. The van der Waals surface area contributed by atoms with Gasteiger partial charge in [-0.2, -0.15) is 5.10 Å². The van der Waals surface area contributed by atoms with Crippen molar-refractivity contribution in [2.75, 3.05) is 12.4 Å². The number of aromatic nitrogens is 4. The number of urea groups is 1. The highest BCUT2D eigenvalue weighted by molar-refractivity contribution is 7.99. The molecule has 0 spiro atoms. The largest absolute Gasteiger partial charge is 0.463 e. The highest BCUT2D eigenvalue weighted by atomic mass is 32.2. The van der Waals surface area contributed by atoms with Gasteiger partial charge in [0.05, 0.1) is 30.1 Å². The third kappa shape index (κ3) is 4.57. The van der Waals surface area contributed by atoms with Crippen molar-refractivity contribution in [2.24, 2.45) is 0 Å². The van der Waals surface area contributed by atoms with Crippen molar-refractivity contribution in [1.82, 2.24) is 30.4 Å². The molecule has 12 heteroatoms. The van der Waals surface area contributed by atoms with Crippen LogP contribution in [0.4, 0.5) is 4.79 Å². The number of esters is 1. The zero-order valence-electron chi connectivity index (χ0n) is 18.5. The minimum absolute atomic E-state index is 0.178. The van der Waals surface area contributed by atoms with Crippen molar-refractivity contribution >= 4 is 46.1 Å². The summed E-state index contributed by atoms with van der Waals surface area (Å²) in [4.78, 5) is 46.1. The fourth-order valence-electron chi connectivity index (χ4n) is 3.72. The first-order valence-electron chi connectivity index (χ1n) is 10.7. The number of para-hydroxylation sites is 1. The number of nitrogens with zero attached hydrogens (tertiary/aromatic N) is 3. The van der Waals surface area contributed by atoms with Crippen LogP contribution in [0, 0.1) is 0 Å². The summed E-state index contributed by atoms with van der Waals surface area (Å²) in [6, 6.07) is 12.0. The molecule has 1 aromatic carbocycles. The monoisotopic (exact) mass is 508 g/mol. The van der Waals surface area contributed by atoms with Crippen molar-refractivity contribution in [3.05, 3.63) is 80.5 Å². The van der Waals surface area contributed by atoms with E-state index in [0.717, 1.165) is 10.6 Å². The summed E-state index contributed by atoms with van der Waals surface area (Å²) in [7, 11) is 0. The van der Waals surface area contributed by atoms with Crippen molar-refractivity contribution in [3.63, 3.8) is 0 Å². The topological polar surface area (TPSA) is 131 Å². The average Bonchev–Trinajstić information content (AvgIpc) is 3.54. The van der Waals surface area contributed by atoms with Crippen LogP contribution in [0.3, 0.4) is 0 Å². The van der Waals surface area contributed by atoms with E-state index in [1.807, 2.05) is 47.8 Å². The number of thioether (sulfide) groups is 1. The summed E-state index contributed by atoms with van der Waals surface area (Å²) < 4.78 is 6.87. The summed E-state index contributed by atoms with van der Waals surface area (Å²) in [6.45, 7) is 1.92. The average molecular weight is 509 g/mol. The van der Waals surface area contributed by atoms with Crippen molar-refractivity contribution in [3.8, 4) is 5.69 Å². The van der Waals surface area contributed by atoms with E-state index >= 15 is 0 Å². The van der Waals surface area contributed by atoms with Crippen LogP contribution in [0.25, 0.3) is 16.7 Å². The third-order valence-corrected chi connectivity index (χ3v) is 7.08. The number of hydrogen-bond acceptors (Lipinski definition) is 8. The molecule has 5 rings (SSSR count). The van der Waals surface area contributed by atoms with E-state index in [1.54, 1.807) is 11.6 Å². The minimum atomic E-state index is -0.632. The smallest absolute Gasteiger partial charge is 0.338 e. The third-order valence-electron chi connectivity index (χ3n) is 5.25. The molecule has 1 atom stereocenters. The van der Waals surface area contributed by atoms with Gasteiger partial charge in [-0.05, 0) is 30.5 Å². The van der Waals surface area contributed by atoms with E-state index in [4.69, 9.17) is 4.74 Å². The standard InChI is InChI=1S/C23H20N6O4S2/c1-2-33-21(31)17-15(25-22(32)26-18(17)16-9-6-10-34-16)12-35-23-27-19-14(20(30)28-23)11-24-29(19)13-7-4-3-5-8-13/h3-11,18H,2,12H2,1H3,(H2,25,26,32)(H,27,28,30)/t18-/m1/s1. The number of amides is 2. The first kappa shape index (κ1) is 22.9. The van der Waals surface area contributed by atoms with E-state index in [-0.39, 0.29) is 17.9 Å². The Morgan fingerprint density at radius 2 is 2.03 bits per heavy atom. The molecule has 0 bridgehead atoms. The number of nitrogens with one attached hydrogen (secondary N) is 3. The van der Waals surface area contributed by atoms with E-state index < -0.39 is 18.0 Å². The maximum absolute atomic E-state index is 12.9. The number of hydrogen-bond donors (Lipinski definition) is 3. The molecular formula is C23H20N6O4S2. The Morgan fingerprint density at radius 1 is 1.20 bits per heavy atom. The quantitative estimate of drug-likeness (QED) is 0.199. The molecule has 10 nitrogen and oxygen atoms in total. The molecule has 1 aliphatic rings. The number of H-pyrrole nitrogens is 1. The maximum atomic E-state index is 12.9. The Morgan fingerprint density at radius 3 is 2.77 bits per heavy atom. The SMILES string of the molecule is CCOC(=O)C1=C(CSc2nc3c(cnn3-c3ccccc3)c(=O)[nH]2)NC(=O)N[C@@H]1c1cccs1. The van der Waals surface area contributed by atoms with Gasteiger partial charge in [-0.1, -0.05) is 36.0 Å². The molecule has 4 heterocycles. The Kier molecular flexibility index (Phi) is 6.38. The van der Waals surface area contributed by atoms with Crippen molar-refractivity contribution in [1.29, 1.82) is 0 Å². The Balaban J connectivity index is 1.50. The molecule has 0 radical (unpaired) electrons. The molecule has 35 heavy (non-hydrogen) atoms. The van der Waals surface area contributed by atoms with Crippen LogP contribution in [-0.2, 0) is 9.53 Å². The first-order valence-corrected chi connectivity index (χ1v) is 12.6. The van der Waals surface area contributed by atoms with Crippen LogP contribution >= 0.6 is 23.1 Å². The Labute approximate surface area is 207 Å². The van der Waals surface area contributed by atoms with E-state index in [0.29, 0.717) is 27.5 Å². The van der Waals surface area contributed by atoms with Crippen LogP contribution in [0.15, 0.2) is 75.3 Å². The number of fused-ring (bicyclic) bond motifs is 1. The second-order valence-electron chi connectivity index (χ2n) is 7.45. The molecule has 2 amide bonds. The van der Waals surface area contributed by atoms with Gasteiger partial charge >= 0.3 is 12.0 Å². The number of aromatic amines is 1. The second kappa shape index (κ2) is 9.76. The molecular weight excluding hydrogens is 488 g/mol. The van der Waals surface area contributed by atoms with Gasteiger partial charge in [-0.3, -0.25) is 4.79 Å². The fraction of sp³-hybridized carbons (Fsp3) is 0.174. The molecule has 4 aromatic rings. The van der Waals surface area contributed by atoms with E-state index in [2.05, 4.69) is 25.7 Å². The Bertz CT molecular complexity index is 1480. The lowest BCUT2D eigenvalue weighted by molar-refractivity contribution is -0.139. The maximum Gasteiger partial charge on any atom is 0.338 e. The summed E-state index contributed by atoms with van der Waals surface area (Å²) in [5.41, 5.74) is 1.57. The van der Waals surface area contributed by atoms with E-state index in [9.17, 15) is 14.4 Å². The van der Waals surface area contributed by atoms with Crippen molar-refractivity contribution in [2.45, 2.75) is 18.1 Å². The van der Waals surface area contributed by atoms with Crippen LogP contribution in [0.5, 0.6) is 0 Å². The van der Waals surface area contributed by atoms with Crippen LogP contribution in [0.2, 0.25) is 0 Å². The molecule has 0 saturated heterocycles. The zero-order chi connectivity index (χ0) is 24.4. The zero-order valence-corrected chi connectivity index (χ0v) is 20.1. The van der Waals surface area contributed by atoms with Gasteiger partial charge in [0.25, 0.3) is 5.56 Å². The highest BCUT2D eigenvalue weighted by Gasteiger charge is 2.34. The van der Waals surface area contributed by atoms with Gasteiger partial charge in [-0.15, -0.1) is 11.3 Å². The summed E-state index contributed by atoms with van der Waals surface area (Å²) in [5, 5.41) is 12.4. The van der Waals surface area contributed by atoms with Gasteiger partial charge in [-0.25, -0.2) is 19.3 Å². The number of carbonyl (C=O) groups excluding carboxylic acids is 2. The molecule has 1 aliphatic heterocycles. The summed E-state index contributed by atoms with van der Waals surface area (Å²) in [5.74, 6) is -0.342. The van der Waals surface area contributed by atoms with Gasteiger partial charge in [0, 0.05) is 16.3 Å². The number of thiophene rings is 1. The fourth-order valence-corrected chi connectivity index (χ4v) is 5.32. The number of carbonyl (C=O) groups is 2. The molecule has 3 aromatic heterocycles. The lowest BCUT2D eigenvalue weighted by Gasteiger charge is -2.28. The molecule has 0 aliphatic carbocycles. The van der Waals surface area contributed by atoms with Gasteiger partial charge < -0.3 is 20.4 Å². The minimum Gasteiger partial charge on any atom is -0.463 e. The first-order chi connectivity index (χ1) is 17.0. The molecule has 3 N–H and O–H groups in total. The molecule has 0 fully saturated rings. The lowest BCUT2D eigenvalue weighted by atomic mass is 10.0. The van der Waals surface area contributed by atoms with Crippen LogP contribution in [0.1, 0.15) is 17.8 Å². The number of ether oxygens (including phenoxy) is 1. The number of rotatable bonds is 7. The van der Waals surface area contributed by atoms with Crippen LogP contribution < -0.4 is 16.2 Å². The van der Waals surface area contributed by atoms with E-state index in [1.165, 1.54) is 29.3 Å². The summed E-state index contributed by atoms with van der Waals surface area (Å²) in [6.07, 6.45) is 1.47. The molecule has 0 saturated carbocycles. The van der Waals surface area contributed by atoms with Gasteiger partial charge in [0.1, 0.15) is 5.39 Å². The number of benzene rings is 1. The van der Waals surface area contributed by atoms with Gasteiger partial charge in [0.2, 0.25) is 0 Å². The van der Waals surface area contributed by atoms with Crippen LogP contribution in [-0.4, -0.2) is 44.1 Å². The van der Waals surface area contributed by atoms with Crippen molar-refractivity contribution < 1.29 is 14.3 Å².